The van der Waals surface area contributed by atoms with Crippen molar-refractivity contribution in [2.75, 3.05) is 6.61 Å². The Kier molecular flexibility index (Phi) is 5.86. The molecule has 0 atom stereocenters. The van der Waals surface area contributed by atoms with E-state index in [4.69, 9.17) is 4.74 Å². The summed E-state index contributed by atoms with van der Waals surface area (Å²) in [5.74, 6) is 1.28. The highest BCUT2D eigenvalue weighted by atomic mass is 79.9. The van der Waals surface area contributed by atoms with E-state index in [1.54, 1.807) is 0 Å². The van der Waals surface area contributed by atoms with Gasteiger partial charge in [-0.25, -0.2) is 4.68 Å². The molecule has 1 aromatic carbocycles. The molecule has 1 aromatic heterocycles. The van der Waals surface area contributed by atoms with Gasteiger partial charge in [0.2, 0.25) is 0 Å². The number of halogens is 1. The molecule has 0 aliphatic heterocycles. The van der Waals surface area contributed by atoms with Crippen LogP contribution in [0.3, 0.4) is 0 Å². The summed E-state index contributed by atoms with van der Waals surface area (Å²) in [4.78, 5) is 12.5. The van der Waals surface area contributed by atoms with Crippen molar-refractivity contribution >= 4 is 21.8 Å². The molecule has 2 rings (SSSR count). The standard InChI is InChI=1S/C19H25BrN2O2/c1-11(2)15-7-8-17(16(20)9-15)24-10-18(23)22-14(6)19(12(3)4)13(5)21-22/h7-9,11-12H,10H2,1-6H3. The Morgan fingerprint density at radius 1 is 1.21 bits per heavy atom. The first-order chi connectivity index (χ1) is 11.2. The van der Waals surface area contributed by atoms with Crippen molar-refractivity contribution in [1.82, 2.24) is 9.78 Å². The summed E-state index contributed by atoms with van der Waals surface area (Å²) in [6.07, 6.45) is 0. The Morgan fingerprint density at radius 2 is 1.88 bits per heavy atom. The van der Waals surface area contributed by atoms with E-state index in [1.807, 2.05) is 32.0 Å². The van der Waals surface area contributed by atoms with Crippen molar-refractivity contribution in [2.45, 2.75) is 53.4 Å². The quantitative estimate of drug-likeness (QED) is 0.699. The van der Waals surface area contributed by atoms with Gasteiger partial charge in [0, 0.05) is 5.69 Å². The summed E-state index contributed by atoms with van der Waals surface area (Å²) in [7, 11) is 0. The second kappa shape index (κ2) is 7.51. The number of nitrogens with zero attached hydrogens (tertiary/aromatic N) is 2. The lowest BCUT2D eigenvalue weighted by molar-refractivity contribution is 0.0817. The highest BCUT2D eigenvalue weighted by Gasteiger charge is 2.19. The number of hydrogen-bond donors (Lipinski definition) is 0. The molecular formula is C19H25BrN2O2. The van der Waals surface area contributed by atoms with Gasteiger partial charge in [0.05, 0.1) is 10.2 Å². The largest absolute Gasteiger partial charge is 0.483 e. The van der Waals surface area contributed by atoms with Crippen LogP contribution in [0, 0.1) is 13.8 Å². The normalized spacial score (nSPS) is 11.4. The molecular weight excluding hydrogens is 368 g/mol. The van der Waals surface area contributed by atoms with Gasteiger partial charge < -0.3 is 4.74 Å². The molecule has 0 unspecified atom stereocenters. The van der Waals surface area contributed by atoms with E-state index < -0.39 is 0 Å². The number of hydrogen-bond acceptors (Lipinski definition) is 3. The number of rotatable bonds is 5. The lowest BCUT2D eigenvalue weighted by Crippen LogP contribution is -2.22. The van der Waals surface area contributed by atoms with Gasteiger partial charge >= 0.3 is 0 Å². The number of carbonyl (C=O) groups is 1. The Hall–Kier alpha value is -1.62. The molecule has 5 heteroatoms. The van der Waals surface area contributed by atoms with Crippen molar-refractivity contribution in [3.05, 3.63) is 45.2 Å². The lowest BCUT2D eigenvalue weighted by atomic mass is 10.0. The lowest BCUT2D eigenvalue weighted by Gasteiger charge is -2.11. The fraction of sp³-hybridized carbons (Fsp3) is 0.474. The summed E-state index contributed by atoms with van der Waals surface area (Å²) in [6, 6.07) is 5.95. The predicted molar refractivity (Wildman–Crippen MR) is 100 cm³/mol. The van der Waals surface area contributed by atoms with Crippen LogP contribution in [-0.4, -0.2) is 22.3 Å². The highest BCUT2D eigenvalue weighted by molar-refractivity contribution is 9.10. The van der Waals surface area contributed by atoms with Crippen LogP contribution in [0.2, 0.25) is 0 Å². The van der Waals surface area contributed by atoms with Crippen LogP contribution in [0.4, 0.5) is 0 Å². The molecule has 0 fully saturated rings. The molecule has 0 saturated carbocycles. The Balaban J connectivity index is 2.13. The van der Waals surface area contributed by atoms with Crippen molar-refractivity contribution in [1.29, 1.82) is 0 Å². The molecule has 0 aliphatic rings. The minimum absolute atomic E-state index is 0.0425. The minimum Gasteiger partial charge on any atom is -0.483 e. The van der Waals surface area contributed by atoms with Crippen LogP contribution in [0.15, 0.2) is 22.7 Å². The van der Waals surface area contributed by atoms with Crippen molar-refractivity contribution in [2.24, 2.45) is 0 Å². The SMILES string of the molecule is Cc1nn(C(=O)COc2ccc(C(C)C)cc2Br)c(C)c1C(C)C. The van der Waals surface area contributed by atoms with Gasteiger partial charge in [0.1, 0.15) is 5.75 Å². The summed E-state index contributed by atoms with van der Waals surface area (Å²) in [5, 5.41) is 4.38. The monoisotopic (exact) mass is 392 g/mol. The zero-order valence-corrected chi connectivity index (χ0v) is 16.8. The van der Waals surface area contributed by atoms with Gasteiger partial charge in [-0.15, -0.1) is 0 Å². The number of benzene rings is 1. The molecule has 2 aromatic rings. The fourth-order valence-corrected chi connectivity index (χ4v) is 3.44. The Labute approximate surface area is 152 Å². The average molecular weight is 393 g/mol. The van der Waals surface area contributed by atoms with Crippen molar-refractivity contribution in [3.8, 4) is 5.75 Å². The van der Waals surface area contributed by atoms with Crippen LogP contribution < -0.4 is 4.74 Å². The molecule has 0 aliphatic carbocycles. The molecule has 0 radical (unpaired) electrons. The van der Waals surface area contributed by atoms with Crippen molar-refractivity contribution in [3.63, 3.8) is 0 Å². The summed E-state index contributed by atoms with van der Waals surface area (Å²) in [6.45, 7) is 12.3. The first kappa shape index (κ1) is 18.7. The maximum Gasteiger partial charge on any atom is 0.284 e. The number of aromatic nitrogens is 2. The number of aryl methyl sites for hydroxylation is 1. The second-order valence-electron chi connectivity index (χ2n) is 6.68. The molecule has 4 nitrogen and oxygen atoms in total. The summed E-state index contributed by atoms with van der Waals surface area (Å²) in [5.41, 5.74) is 4.15. The van der Waals surface area contributed by atoms with Crippen LogP contribution in [0.1, 0.15) is 66.8 Å². The molecule has 0 bridgehead atoms. The predicted octanol–water partition coefficient (Wildman–Crippen LogP) is 5.23. The van der Waals surface area contributed by atoms with E-state index in [0.717, 1.165) is 21.4 Å². The van der Waals surface area contributed by atoms with E-state index in [-0.39, 0.29) is 12.5 Å². The number of ether oxygens (including phenoxy) is 1. The zero-order chi connectivity index (χ0) is 18.0. The molecule has 0 spiro atoms. The molecule has 0 amide bonds. The second-order valence-corrected chi connectivity index (χ2v) is 7.53. The third-order valence-electron chi connectivity index (χ3n) is 4.13. The van der Waals surface area contributed by atoms with Crippen LogP contribution in [0.25, 0.3) is 0 Å². The third kappa shape index (κ3) is 3.89. The first-order valence-electron chi connectivity index (χ1n) is 8.24. The van der Waals surface area contributed by atoms with Gasteiger partial charge in [-0.1, -0.05) is 33.8 Å². The van der Waals surface area contributed by atoms with E-state index in [1.165, 1.54) is 10.2 Å². The molecule has 0 saturated heterocycles. The minimum atomic E-state index is -0.165. The Morgan fingerprint density at radius 3 is 2.38 bits per heavy atom. The zero-order valence-electron chi connectivity index (χ0n) is 15.2. The Bertz CT molecular complexity index is 748. The summed E-state index contributed by atoms with van der Waals surface area (Å²) < 4.78 is 8.01. The van der Waals surface area contributed by atoms with Gasteiger partial charge in [-0.3, -0.25) is 4.79 Å². The van der Waals surface area contributed by atoms with Gasteiger partial charge in [0.25, 0.3) is 5.91 Å². The average Bonchev–Trinajstić information content (AvgIpc) is 2.80. The number of carbonyl (C=O) groups excluding carboxylic acids is 1. The van der Waals surface area contributed by atoms with Gasteiger partial charge in [-0.2, -0.15) is 5.10 Å². The van der Waals surface area contributed by atoms with Crippen molar-refractivity contribution < 1.29 is 9.53 Å². The summed E-state index contributed by atoms with van der Waals surface area (Å²) >= 11 is 3.51. The topological polar surface area (TPSA) is 44.1 Å². The smallest absolute Gasteiger partial charge is 0.284 e. The molecule has 130 valence electrons. The van der Waals surface area contributed by atoms with Crippen LogP contribution in [-0.2, 0) is 0 Å². The maximum atomic E-state index is 12.5. The van der Waals surface area contributed by atoms with Gasteiger partial charge in [-0.05, 0) is 64.9 Å². The first-order valence-corrected chi connectivity index (χ1v) is 9.03. The molecule has 0 N–H and O–H groups in total. The molecule has 1 heterocycles. The highest BCUT2D eigenvalue weighted by Crippen LogP contribution is 2.29. The van der Waals surface area contributed by atoms with E-state index in [9.17, 15) is 4.79 Å². The van der Waals surface area contributed by atoms with E-state index >= 15 is 0 Å². The van der Waals surface area contributed by atoms with Gasteiger partial charge in [0.15, 0.2) is 6.61 Å². The van der Waals surface area contributed by atoms with Crippen LogP contribution >= 0.6 is 15.9 Å². The van der Waals surface area contributed by atoms with E-state index in [0.29, 0.717) is 17.6 Å². The third-order valence-corrected chi connectivity index (χ3v) is 4.75. The van der Waals surface area contributed by atoms with E-state index in [2.05, 4.69) is 48.7 Å². The maximum absolute atomic E-state index is 12.5. The molecule has 24 heavy (non-hydrogen) atoms. The fourth-order valence-electron chi connectivity index (χ4n) is 2.93. The van der Waals surface area contributed by atoms with Crippen LogP contribution in [0.5, 0.6) is 5.75 Å².